The molecule has 0 aliphatic rings. The smallest absolute Gasteiger partial charge is 0.408 e. The maximum Gasteiger partial charge on any atom is 0.408 e. The summed E-state index contributed by atoms with van der Waals surface area (Å²) in [6.45, 7) is 15.5. The van der Waals surface area contributed by atoms with Crippen molar-refractivity contribution in [2.45, 2.75) is 98.8 Å². The van der Waals surface area contributed by atoms with Crippen molar-refractivity contribution >= 4 is 17.9 Å². The lowest BCUT2D eigenvalue weighted by molar-refractivity contribution is -0.142. The number of alkyl carbamates (subject to hydrolysis) is 1. The fourth-order valence-corrected chi connectivity index (χ4v) is 3.84. The molecule has 8 heteroatoms. The van der Waals surface area contributed by atoms with E-state index in [1.807, 2.05) is 13.8 Å². The molecule has 0 aliphatic carbocycles. The number of ether oxygens (including phenoxy) is 1. The van der Waals surface area contributed by atoms with Crippen LogP contribution in [0.1, 0.15) is 91.3 Å². The van der Waals surface area contributed by atoms with E-state index in [1.54, 1.807) is 52.8 Å². The number of nitrogens with one attached hydrogen (secondary N) is 2. The van der Waals surface area contributed by atoms with Gasteiger partial charge >= 0.3 is 6.09 Å². The second-order valence-corrected chi connectivity index (χ2v) is 10.4. The molecule has 3 N–H and O–H groups in total. The lowest BCUT2D eigenvalue weighted by Gasteiger charge is -2.34. The number of hydrogen-bond acceptors (Lipinski definition) is 5. The van der Waals surface area contributed by atoms with Crippen LogP contribution in [-0.2, 0) is 14.3 Å². The van der Waals surface area contributed by atoms with E-state index >= 15 is 0 Å². The van der Waals surface area contributed by atoms with E-state index in [0.717, 1.165) is 19.3 Å². The zero-order valence-corrected chi connectivity index (χ0v) is 22.7. The Kier molecular flexibility index (Phi) is 12.1. The second-order valence-electron chi connectivity index (χ2n) is 10.4. The molecule has 0 spiro atoms. The number of carbonyl (C=O) groups excluding carboxylic acids is 3. The van der Waals surface area contributed by atoms with Gasteiger partial charge in [0.05, 0.1) is 0 Å². The normalized spacial score (nSPS) is 13.2. The summed E-state index contributed by atoms with van der Waals surface area (Å²) in [5, 5.41) is 16.4. The van der Waals surface area contributed by atoms with Gasteiger partial charge in [0.25, 0.3) is 0 Å². The first-order valence-corrected chi connectivity index (χ1v) is 12.7. The standard InChI is InChI=1S/C27H45N3O5/c1-9-11-12-16-28-24(32)22(20-15-13-14-19(5)23(20)31)30(10-2)25(33)21(17-18(3)4)29-26(34)35-27(6,7)8/h13-15,18,21-22,31H,9-12,16-17H2,1-8H3,(H,28,32)(H,29,34). The number of amides is 3. The van der Waals surface area contributed by atoms with Crippen LogP contribution in [0.15, 0.2) is 18.2 Å². The summed E-state index contributed by atoms with van der Waals surface area (Å²) in [5.41, 5.74) is 0.253. The van der Waals surface area contributed by atoms with Crippen molar-refractivity contribution in [3.63, 3.8) is 0 Å². The van der Waals surface area contributed by atoms with Gasteiger partial charge in [-0.25, -0.2) is 4.79 Å². The molecule has 198 valence electrons. The molecule has 0 bridgehead atoms. The largest absolute Gasteiger partial charge is 0.507 e. The highest BCUT2D eigenvalue weighted by molar-refractivity contribution is 5.92. The van der Waals surface area contributed by atoms with Gasteiger partial charge in [0, 0.05) is 18.7 Å². The molecular weight excluding hydrogens is 446 g/mol. The number of aryl methyl sites for hydroxylation is 1. The van der Waals surface area contributed by atoms with Gasteiger partial charge in [0.15, 0.2) is 0 Å². The minimum atomic E-state index is -1.04. The molecule has 1 rings (SSSR count). The number of phenols is 1. The summed E-state index contributed by atoms with van der Waals surface area (Å²) in [7, 11) is 0. The minimum Gasteiger partial charge on any atom is -0.507 e. The number of para-hydroxylation sites is 1. The highest BCUT2D eigenvalue weighted by atomic mass is 16.6. The van der Waals surface area contributed by atoms with Gasteiger partial charge in [-0.05, 0) is 58.9 Å². The molecule has 35 heavy (non-hydrogen) atoms. The molecule has 8 nitrogen and oxygen atoms in total. The molecule has 0 fully saturated rings. The Labute approximate surface area is 210 Å². The lowest BCUT2D eigenvalue weighted by Crippen LogP contribution is -2.53. The van der Waals surface area contributed by atoms with E-state index in [9.17, 15) is 19.5 Å². The Morgan fingerprint density at radius 2 is 1.77 bits per heavy atom. The maximum absolute atomic E-state index is 13.8. The second kappa shape index (κ2) is 14.0. The van der Waals surface area contributed by atoms with E-state index in [1.165, 1.54) is 4.90 Å². The molecule has 0 heterocycles. The summed E-state index contributed by atoms with van der Waals surface area (Å²) in [5.74, 6) is -0.682. The average Bonchev–Trinajstić information content (AvgIpc) is 2.74. The van der Waals surface area contributed by atoms with Crippen LogP contribution in [0, 0.1) is 12.8 Å². The summed E-state index contributed by atoms with van der Waals surface area (Å²) >= 11 is 0. The Morgan fingerprint density at radius 3 is 2.31 bits per heavy atom. The van der Waals surface area contributed by atoms with Gasteiger partial charge in [0.2, 0.25) is 11.8 Å². The van der Waals surface area contributed by atoms with E-state index < -0.39 is 29.7 Å². The number of carbonyl (C=O) groups is 3. The predicted molar refractivity (Wildman–Crippen MR) is 138 cm³/mol. The number of nitrogens with zero attached hydrogens (tertiary/aromatic N) is 1. The summed E-state index contributed by atoms with van der Waals surface area (Å²) < 4.78 is 5.38. The van der Waals surface area contributed by atoms with Gasteiger partial charge in [-0.15, -0.1) is 0 Å². The van der Waals surface area contributed by atoms with Crippen LogP contribution in [0.25, 0.3) is 0 Å². The first-order valence-electron chi connectivity index (χ1n) is 12.7. The number of phenolic OH excluding ortho intramolecular Hbond substituents is 1. The van der Waals surface area contributed by atoms with E-state index in [4.69, 9.17) is 4.74 Å². The average molecular weight is 492 g/mol. The van der Waals surface area contributed by atoms with Gasteiger partial charge in [0.1, 0.15) is 23.4 Å². The molecule has 0 saturated carbocycles. The van der Waals surface area contributed by atoms with Crippen LogP contribution in [0.2, 0.25) is 0 Å². The van der Waals surface area contributed by atoms with Crippen molar-refractivity contribution < 1.29 is 24.2 Å². The van der Waals surface area contributed by atoms with Crippen molar-refractivity contribution in [3.8, 4) is 5.75 Å². The van der Waals surface area contributed by atoms with Crippen LogP contribution < -0.4 is 10.6 Å². The molecule has 0 radical (unpaired) electrons. The Hall–Kier alpha value is -2.77. The van der Waals surface area contributed by atoms with E-state index in [-0.39, 0.29) is 24.1 Å². The first-order chi connectivity index (χ1) is 16.3. The third-order valence-electron chi connectivity index (χ3n) is 5.52. The predicted octanol–water partition coefficient (Wildman–Crippen LogP) is 4.84. The lowest BCUT2D eigenvalue weighted by atomic mass is 9.97. The molecule has 1 aromatic rings. The van der Waals surface area contributed by atoms with E-state index in [0.29, 0.717) is 24.1 Å². The maximum atomic E-state index is 13.8. The van der Waals surface area contributed by atoms with Crippen LogP contribution >= 0.6 is 0 Å². The minimum absolute atomic E-state index is 0.0204. The third-order valence-corrected chi connectivity index (χ3v) is 5.52. The SMILES string of the molecule is CCCCCNC(=O)C(c1cccc(C)c1O)N(CC)C(=O)C(CC(C)C)NC(=O)OC(C)(C)C. The first kappa shape index (κ1) is 30.3. The number of unbranched alkanes of at least 4 members (excludes halogenated alkanes) is 2. The summed E-state index contributed by atoms with van der Waals surface area (Å²) in [6.07, 6.45) is 2.51. The topological polar surface area (TPSA) is 108 Å². The zero-order valence-electron chi connectivity index (χ0n) is 22.7. The van der Waals surface area contributed by atoms with Crippen molar-refractivity contribution in [2.24, 2.45) is 5.92 Å². The Morgan fingerprint density at radius 1 is 1.11 bits per heavy atom. The number of hydrogen-bond donors (Lipinski definition) is 3. The monoisotopic (exact) mass is 491 g/mol. The van der Waals surface area contributed by atoms with Crippen molar-refractivity contribution in [1.82, 2.24) is 15.5 Å². The van der Waals surface area contributed by atoms with E-state index in [2.05, 4.69) is 17.6 Å². The summed E-state index contributed by atoms with van der Waals surface area (Å²) in [4.78, 5) is 41.1. The van der Waals surface area contributed by atoms with Gasteiger partial charge in [-0.3, -0.25) is 9.59 Å². The highest BCUT2D eigenvalue weighted by Gasteiger charge is 2.37. The third kappa shape index (κ3) is 9.78. The Bertz CT molecular complexity index is 848. The molecule has 0 aromatic heterocycles. The highest BCUT2D eigenvalue weighted by Crippen LogP contribution is 2.32. The van der Waals surface area contributed by atoms with Crippen LogP contribution in [0.4, 0.5) is 4.79 Å². The molecular formula is C27H45N3O5. The molecule has 3 amide bonds. The van der Waals surface area contributed by atoms with Crippen molar-refractivity contribution in [3.05, 3.63) is 29.3 Å². The van der Waals surface area contributed by atoms with Crippen LogP contribution in [-0.4, -0.2) is 52.6 Å². The zero-order chi connectivity index (χ0) is 26.8. The Balaban J connectivity index is 3.36. The van der Waals surface area contributed by atoms with Gasteiger partial charge in [-0.1, -0.05) is 51.8 Å². The fraction of sp³-hybridized carbons (Fsp3) is 0.667. The van der Waals surface area contributed by atoms with Crippen molar-refractivity contribution in [1.29, 1.82) is 0 Å². The van der Waals surface area contributed by atoms with Crippen molar-refractivity contribution in [2.75, 3.05) is 13.1 Å². The molecule has 2 unspecified atom stereocenters. The molecule has 2 atom stereocenters. The number of aromatic hydroxyl groups is 1. The molecule has 0 saturated heterocycles. The number of likely N-dealkylation sites (N-methyl/N-ethyl adjacent to an activating group) is 1. The number of benzene rings is 1. The van der Waals surface area contributed by atoms with Crippen LogP contribution in [0.5, 0.6) is 5.75 Å². The molecule has 0 aliphatic heterocycles. The van der Waals surface area contributed by atoms with Gasteiger partial charge in [-0.2, -0.15) is 0 Å². The summed E-state index contributed by atoms with van der Waals surface area (Å²) in [6, 6.07) is 3.24. The quantitative estimate of drug-likeness (QED) is 0.363. The fourth-order valence-electron chi connectivity index (χ4n) is 3.84. The number of rotatable bonds is 12. The van der Waals surface area contributed by atoms with Gasteiger partial charge < -0.3 is 25.4 Å². The van der Waals surface area contributed by atoms with Crippen LogP contribution in [0.3, 0.4) is 0 Å². The molecule has 1 aromatic carbocycles.